The summed E-state index contributed by atoms with van der Waals surface area (Å²) in [5.41, 5.74) is 2.23. The highest BCUT2D eigenvalue weighted by Crippen LogP contribution is 2.23. The second-order valence-corrected chi connectivity index (χ2v) is 9.21. The Bertz CT molecular complexity index is 816. The second kappa shape index (κ2) is 9.87. The van der Waals surface area contributed by atoms with Gasteiger partial charge in [-0.25, -0.2) is 4.98 Å². The Morgan fingerprint density at radius 1 is 1.32 bits per heavy atom. The third-order valence-electron chi connectivity index (χ3n) is 5.14. The van der Waals surface area contributed by atoms with E-state index in [4.69, 9.17) is 4.42 Å². The lowest BCUT2D eigenvalue weighted by Crippen LogP contribution is -2.46. The van der Waals surface area contributed by atoms with Gasteiger partial charge in [-0.1, -0.05) is 43.2 Å². The Morgan fingerprint density at radius 3 is 2.82 bits per heavy atom. The first-order chi connectivity index (χ1) is 13.6. The maximum atomic E-state index is 12.1. The molecule has 1 aliphatic carbocycles. The number of hydrogen-bond acceptors (Lipinski definition) is 4. The summed E-state index contributed by atoms with van der Waals surface area (Å²) < 4.78 is 18.0. The van der Waals surface area contributed by atoms with Crippen molar-refractivity contribution >= 4 is 16.8 Å². The molecule has 6 nitrogen and oxygen atoms in total. The summed E-state index contributed by atoms with van der Waals surface area (Å²) in [5.74, 6) is 2.84. The molecule has 0 amide bonds. The number of oxazole rings is 1. The molecule has 28 heavy (non-hydrogen) atoms. The van der Waals surface area contributed by atoms with Crippen molar-refractivity contribution in [2.24, 2.45) is 4.99 Å². The lowest BCUT2D eigenvalue weighted by molar-refractivity contribution is 0.412. The Labute approximate surface area is 169 Å². The second-order valence-electron chi connectivity index (χ2n) is 7.21. The Morgan fingerprint density at radius 2 is 2.11 bits per heavy atom. The van der Waals surface area contributed by atoms with E-state index in [1.165, 1.54) is 5.56 Å². The molecule has 0 radical (unpaired) electrons. The van der Waals surface area contributed by atoms with Crippen molar-refractivity contribution in [1.29, 1.82) is 0 Å². The van der Waals surface area contributed by atoms with E-state index in [0.29, 0.717) is 18.5 Å². The first-order valence-electron chi connectivity index (χ1n) is 9.95. The molecule has 2 N–H and O–H groups in total. The van der Waals surface area contributed by atoms with Crippen LogP contribution in [0, 0.1) is 6.92 Å². The average molecular weight is 403 g/mol. The summed E-state index contributed by atoms with van der Waals surface area (Å²) in [7, 11) is 1.03. The van der Waals surface area contributed by atoms with Crippen LogP contribution < -0.4 is 10.6 Å². The maximum Gasteiger partial charge on any atom is 0.214 e. The van der Waals surface area contributed by atoms with Gasteiger partial charge < -0.3 is 15.1 Å². The van der Waals surface area contributed by atoms with Crippen LogP contribution in [-0.2, 0) is 17.3 Å². The van der Waals surface area contributed by atoms with E-state index in [9.17, 15) is 4.21 Å². The van der Waals surface area contributed by atoms with Crippen LogP contribution in [0.3, 0.4) is 0 Å². The number of nitrogens with one attached hydrogen (secondary N) is 2. The van der Waals surface area contributed by atoms with Gasteiger partial charge >= 0.3 is 0 Å². The fraction of sp³-hybridized carbons (Fsp3) is 0.524. The fourth-order valence-electron chi connectivity index (χ4n) is 3.54. The van der Waals surface area contributed by atoms with E-state index in [1.807, 2.05) is 19.1 Å². The first kappa shape index (κ1) is 20.6. The minimum absolute atomic E-state index is 0.290. The molecule has 1 aromatic heterocycles. The fourth-order valence-corrected chi connectivity index (χ4v) is 4.89. The van der Waals surface area contributed by atoms with Crippen LogP contribution in [0.2, 0.25) is 0 Å². The van der Waals surface area contributed by atoms with E-state index in [-0.39, 0.29) is 5.25 Å². The van der Waals surface area contributed by atoms with Gasteiger partial charge in [-0.15, -0.1) is 0 Å². The van der Waals surface area contributed by atoms with Crippen molar-refractivity contribution in [3.05, 3.63) is 41.9 Å². The minimum atomic E-state index is -0.727. The Hall–Kier alpha value is -2.15. The monoisotopic (exact) mass is 402 g/mol. The van der Waals surface area contributed by atoms with E-state index in [1.54, 1.807) is 13.2 Å². The van der Waals surface area contributed by atoms with Crippen molar-refractivity contribution in [3.63, 3.8) is 0 Å². The summed E-state index contributed by atoms with van der Waals surface area (Å²) >= 11 is 0. The molecule has 0 saturated heterocycles. The summed E-state index contributed by atoms with van der Waals surface area (Å²) in [6.45, 7) is 4.52. The van der Waals surface area contributed by atoms with Gasteiger partial charge in [0.05, 0.1) is 12.7 Å². The number of hydrogen-bond donors (Lipinski definition) is 2. The smallest absolute Gasteiger partial charge is 0.214 e. The molecule has 1 aliphatic rings. The third kappa shape index (κ3) is 5.44. The zero-order chi connectivity index (χ0) is 19.9. The average Bonchev–Trinajstić information content (AvgIpc) is 3.20. The minimum Gasteiger partial charge on any atom is -0.439 e. The first-order valence-corrected chi connectivity index (χ1v) is 11.3. The quantitative estimate of drug-likeness (QED) is 0.572. The molecule has 1 heterocycles. The molecule has 152 valence electrons. The Balaban J connectivity index is 1.53. The topological polar surface area (TPSA) is 79.5 Å². The van der Waals surface area contributed by atoms with Gasteiger partial charge in [-0.05, 0) is 26.2 Å². The number of nitrogens with zero attached hydrogens (tertiary/aromatic N) is 2. The lowest BCUT2D eigenvalue weighted by Gasteiger charge is -2.30. The number of guanidine groups is 1. The zero-order valence-electron chi connectivity index (χ0n) is 16.9. The van der Waals surface area contributed by atoms with Gasteiger partial charge in [0, 0.05) is 40.5 Å². The lowest BCUT2D eigenvalue weighted by atomic mass is 9.95. The van der Waals surface area contributed by atoms with Crippen molar-refractivity contribution in [3.8, 4) is 11.3 Å². The van der Waals surface area contributed by atoms with Crippen LogP contribution in [0.5, 0.6) is 0 Å². The molecular weight excluding hydrogens is 372 g/mol. The van der Waals surface area contributed by atoms with Gasteiger partial charge in [0.1, 0.15) is 0 Å². The zero-order valence-corrected chi connectivity index (χ0v) is 17.7. The van der Waals surface area contributed by atoms with Gasteiger partial charge in [-0.3, -0.25) is 9.20 Å². The molecule has 7 heteroatoms. The van der Waals surface area contributed by atoms with E-state index in [2.05, 4.69) is 39.7 Å². The molecule has 3 rings (SSSR count). The van der Waals surface area contributed by atoms with E-state index in [0.717, 1.165) is 48.7 Å². The molecule has 1 saturated carbocycles. The highest BCUT2D eigenvalue weighted by molar-refractivity contribution is 7.85. The van der Waals surface area contributed by atoms with Crippen LogP contribution in [0.15, 0.2) is 39.9 Å². The maximum absolute atomic E-state index is 12.1. The normalized spacial score (nSPS) is 21.3. The Kier molecular flexibility index (Phi) is 7.25. The van der Waals surface area contributed by atoms with Crippen LogP contribution in [0.25, 0.3) is 11.3 Å². The molecule has 1 aromatic carbocycles. The summed E-state index contributed by atoms with van der Waals surface area (Å²) in [4.78, 5) is 8.67. The van der Waals surface area contributed by atoms with Crippen molar-refractivity contribution in [2.75, 3.05) is 12.8 Å². The van der Waals surface area contributed by atoms with E-state index < -0.39 is 10.8 Å². The molecular formula is C21H30N4O2S. The van der Waals surface area contributed by atoms with Crippen LogP contribution in [-0.4, -0.2) is 39.2 Å². The molecule has 0 bridgehead atoms. The number of aliphatic imine (C=N–C) groups is 1. The van der Waals surface area contributed by atoms with Crippen LogP contribution in [0.4, 0.5) is 0 Å². The van der Waals surface area contributed by atoms with Crippen molar-refractivity contribution < 1.29 is 8.63 Å². The molecule has 0 spiro atoms. The third-order valence-corrected chi connectivity index (χ3v) is 6.88. The SMILES string of the molecule is CCS(=O)C1CCCC(NC(=NC)NCc2ncc(-c3ccc(C)cc3)o2)C1. The predicted octanol–water partition coefficient (Wildman–Crippen LogP) is 3.39. The van der Waals surface area contributed by atoms with Gasteiger partial charge in [0.2, 0.25) is 5.89 Å². The molecule has 3 unspecified atom stereocenters. The highest BCUT2D eigenvalue weighted by atomic mass is 32.2. The van der Waals surface area contributed by atoms with Crippen LogP contribution >= 0.6 is 0 Å². The van der Waals surface area contributed by atoms with Gasteiger partial charge in [0.25, 0.3) is 0 Å². The molecule has 0 aliphatic heterocycles. The summed E-state index contributed by atoms with van der Waals surface area (Å²) in [6.07, 6.45) is 5.92. The molecule has 3 atom stereocenters. The van der Waals surface area contributed by atoms with E-state index >= 15 is 0 Å². The number of aryl methyl sites for hydroxylation is 1. The number of benzene rings is 1. The number of rotatable bonds is 6. The molecule has 1 fully saturated rings. The highest BCUT2D eigenvalue weighted by Gasteiger charge is 2.26. The van der Waals surface area contributed by atoms with Crippen molar-refractivity contribution in [2.45, 2.75) is 57.4 Å². The predicted molar refractivity (Wildman–Crippen MR) is 115 cm³/mol. The van der Waals surface area contributed by atoms with Crippen molar-refractivity contribution in [1.82, 2.24) is 15.6 Å². The largest absolute Gasteiger partial charge is 0.439 e. The summed E-state index contributed by atoms with van der Waals surface area (Å²) in [6, 6.07) is 8.49. The van der Waals surface area contributed by atoms with Crippen LogP contribution in [0.1, 0.15) is 44.1 Å². The van der Waals surface area contributed by atoms with Gasteiger partial charge in [-0.2, -0.15) is 0 Å². The molecule has 2 aromatic rings. The standard InChI is InChI=1S/C21H30N4O2S/c1-4-28(26)18-7-5-6-17(12-18)25-21(22-3)24-14-20-23-13-19(27-20)16-10-8-15(2)9-11-16/h8-11,13,17-18H,4-7,12,14H2,1-3H3,(H2,22,24,25). The summed E-state index contributed by atoms with van der Waals surface area (Å²) in [5, 5.41) is 7.03. The van der Waals surface area contributed by atoms with Gasteiger partial charge in [0.15, 0.2) is 11.7 Å². The number of aromatic nitrogens is 1.